The lowest BCUT2D eigenvalue weighted by molar-refractivity contribution is -0.0369. The summed E-state index contributed by atoms with van der Waals surface area (Å²) < 4.78 is 9.81. The van der Waals surface area contributed by atoms with Crippen LogP contribution in [-0.2, 0) is 4.74 Å². The molecule has 0 aliphatic carbocycles. The van der Waals surface area contributed by atoms with Crippen LogP contribution >= 0.6 is 50.1 Å². The Morgan fingerprint density at radius 3 is 3.00 bits per heavy atom. The largest absolute Gasteiger partial charge is 0.356 e. The number of aromatic nitrogens is 2. The third-order valence-corrected chi connectivity index (χ3v) is 5.38. The maximum absolute atomic E-state index is 6.36. The van der Waals surface area contributed by atoms with E-state index < -0.39 is 0 Å². The van der Waals surface area contributed by atoms with Crippen LogP contribution in [0.2, 0.25) is 5.02 Å². The third-order valence-electron chi connectivity index (χ3n) is 3.50. The molecule has 1 aromatic carbocycles. The molecule has 3 rings (SSSR count). The molecule has 2 aromatic rings. The molecule has 1 aromatic heterocycles. The summed E-state index contributed by atoms with van der Waals surface area (Å²) in [5.41, 5.74) is 2.24. The zero-order valence-corrected chi connectivity index (χ0v) is 14.9. The zero-order valence-electron chi connectivity index (χ0n) is 10.4. The summed E-state index contributed by atoms with van der Waals surface area (Å²) in [6.07, 6.45) is 3.36. The van der Waals surface area contributed by atoms with Crippen LogP contribution in [0.5, 0.6) is 0 Å². The van der Waals surface area contributed by atoms with Gasteiger partial charge in [-0.2, -0.15) is 5.10 Å². The summed E-state index contributed by atoms with van der Waals surface area (Å²) in [6.45, 7) is 2.89. The summed E-state index contributed by atoms with van der Waals surface area (Å²) in [5.74, 6) is 0. The maximum Gasteiger partial charge on any atom is 0.150 e. The molecule has 1 aliphatic heterocycles. The second kappa shape index (κ2) is 5.50. The standard InChI is InChI=1S/C13H13BrClIN2O/c1-7-8(14)6-9(15)11-12(7)18(17-13(11)16)10-4-2-3-5-19-10/h6,10H,2-5H2,1H3. The van der Waals surface area contributed by atoms with Crippen molar-refractivity contribution in [2.75, 3.05) is 6.61 Å². The highest BCUT2D eigenvalue weighted by molar-refractivity contribution is 14.1. The number of nitrogens with zero attached hydrogens (tertiary/aromatic N) is 2. The lowest BCUT2D eigenvalue weighted by Crippen LogP contribution is -2.19. The minimum Gasteiger partial charge on any atom is -0.356 e. The van der Waals surface area contributed by atoms with E-state index in [2.05, 4.69) is 50.5 Å². The minimum absolute atomic E-state index is 0.0313. The van der Waals surface area contributed by atoms with Crippen LogP contribution in [0.1, 0.15) is 31.1 Å². The summed E-state index contributed by atoms with van der Waals surface area (Å²) in [4.78, 5) is 0. The van der Waals surface area contributed by atoms with E-state index in [-0.39, 0.29) is 6.23 Å². The van der Waals surface area contributed by atoms with Gasteiger partial charge in [-0.1, -0.05) is 27.5 Å². The molecule has 1 unspecified atom stereocenters. The first-order valence-electron chi connectivity index (χ1n) is 6.23. The number of fused-ring (bicyclic) bond motifs is 1. The highest BCUT2D eigenvalue weighted by Crippen LogP contribution is 2.37. The number of hydrogen-bond acceptors (Lipinski definition) is 2. The van der Waals surface area contributed by atoms with Crippen molar-refractivity contribution in [3.05, 3.63) is 24.8 Å². The molecule has 19 heavy (non-hydrogen) atoms. The van der Waals surface area contributed by atoms with Gasteiger partial charge in [0.1, 0.15) is 3.70 Å². The van der Waals surface area contributed by atoms with Gasteiger partial charge in [0, 0.05) is 11.1 Å². The van der Waals surface area contributed by atoms with Crippen LogP contribution in [0, 0.1) is 10.6 Å². The van der Waals surface area contributed by atoms with E-state index in [9.17, 15) is 0 Å². The Morgan fingerprint density at radius 2 is 2.32 bits per heavy atom. The fourth-order valence-electron chi connectivity index (χ4n) is 2.51. The van der Waals surface area contributed by atoms with Crippen molar-refractivity contribution in [2.24, 2.45) is 0 Å². The normalized spacial score (nSPS) is 20.1. The van der Waals surface area contributed by atoms with Gasteiger partial charge >= 0.3 is 0 Å². The Labute approximate surface area is 138 Å². The predicted octanol–water partition coefficient (Wildman–Crippen LogP) is 5.06. The Morgan fingerprint density at radius 1 is 1.53 bits per heavy atom. The van der Waals surface area contributed by atoms with Crippen molar-refractivity contribution in [3.63, 3.8) is 0 Å². The van der Waals surface area contributed by atoms with E-state index in [1.165, 1.54) is 6.42 Å². The summed E-state index contributed by atoms with van der Waals surface area (Å²) in [7, 11) is 0. The Balaban J connectivity index is 2.25. The number of ether oxygens (including phenoxy) is 1. The van der Waals surface area contributed by atoms with Gasteiger partial charge in [0.2, 0.25) is 0 Å². The van der Waals surface area contributed by atoms with Crippen molar-refractivity contribution in [3.8, 4) is 0 Å². The van der Waals surface area contributed by atoms with E-state index in [1.54, 1.807) is 0 Å². The van der Waals surface area contributed by atoms with Gasteiger partial charge in [0.15, 0.2) is 6.23 Å². The van der Waals surface area contributed by atoms with E-state index in [1.807, 2.05) is 10.7 Å². The molecule has 0 amide bonds. The van der Waals surface area contributed by atoms with E-state index in [0.717, 1.165) is 49.1 Å². The van der Waals surface area contributed by atoms with Gasteiger partial charge < -0.3 is 4.74 Å². The number of hydrogen-bond donors (Lipinski definition) is 0. The summed E-state index contributed by atoms with van der Waals surface area (Å²) in [5, 5.41) is 6.41. The van der Waals surface area contributed by atoms with Gasteiger partial charge in [0.05, 0.1) is 15.9 Å². The fourth-order valence-corrected chi connectivity index (χ4v) is 4.28. The quantitative estimate of drug-likeness (QED) is 0.562. The van der Waals surface area contributed by atoms with Crippen molar-refractivity contribution >= 4 is 61.0 Å². The molecular formula is C13H13BrClIN2O. The molecule has 1 atom stereocenters. The molecule has 0 spiro atoms. The number of halogens is 3. The first-order chi connectivity index (χ1) is 9.09. The Kier molecular flexibility index (Phi) is 4.08. The smallest absolute Gasteiger partial charge is 0.150 e. The fraction of sp³-hybridized carbons (Fsp3) is 0.462. The second-order valence-electron chi connectivity index (χ2n) is 4.75. The maximum atomic E-state index is 6.36. The number of benzene rings is 1. The molecular weight excluding hydrogens is 442 g/mol. The van der Waals surface area contributed by atoms with Crippen LogP contribution in [0.3, 0.4) is 0 Å². The van der Waals surface area contributed by atoms with Crippen LogP contribution < -0.4 is 0 Å². The van der Waals surface area contributed by atoms with E-state index >= 15 is 0 Å². The van der Waals surface area contributed by atoms with Crippen LogP contribution in [-0.4, -0.2) is 16.4 Å². The first-order valence-corrected chi connectivity index (χ1v) is 8.48. The van der Waals surface area contributed by atoms with Crippen LogP contribution in [0.4, 0.5) is 0 Å². The van der Waals surface area contributed by atoms with Gasteiger partial charge in [-0.25, -0.2) is 4.68 Å². The van der Waals surface area contributed by atoms with Crippen molar-refractivity contribution in [2.45, 2.75) is 32.4 Å². The van der Waals surface area contributed by atoms with Crippen molar-refractivity contribution in [1.82, 2.24) is 9.78 Å². The predicted molar refractivity (Wildman–Crippen MR) is 88.7 cm³/mol. The molecule has 0 bridgehead atoms. The van der Waals surface area contributed by atoms with E-state index in [4.69, 9.17) is 16.3 Å². The monoisotopic (exact) mass is 454 g/mol. The topological polar surface area (TPSA) is 27.1 Å². The van der Waals surface area contributed by atoms with Gasteiger partial charge in [-0.15, -0.1) is 0 Å². The third kappa shape index (κ3) is 2.43. The molecule has 1 fully saturated rings. The van der Waals surface area contributed by atoms with Gasteiger partial charge in [0.25, 0.3) is 0 Å². The lowest BCUT2D eigenvalue weighted by Gasteiger charge is -2.24. The Hall–Kier alpha value is 0.150. The molecule has 6 heteroatoms. The van der Waals surface area contributed by atoms with E-state index in [0.29, 0.717) is 0 Å². The second-order valence-corrected chi connectivity index (χ2v) is 7.03. The molecule has 0 N–H and O–H groups in total. The molecule has 1 saturated heterocycles. The first kappa shape index (κ1) is 14.1. The van der Waals surface area contributed by atoms with Gasteiger partial charge in [-0.05, 0) is 60.4 Å². The zero-order chi connectivity index (χ0) is 13.6. The van der Waals surface area contributed by atoms with Crippen LogP contribution in [0.25, 0.3) is 10.9 Å². The highest BCUT2D eigenvalue weighted by Gasteiger charge is 2.23. The number of aryl methyl sites for hydroxylation is 1. The molecule has 102 valence electrons. The number of rotatable bonds is 1. The highest BCUT2D eigenvalue weighted by atomic mass is 127. The van der Waals surface area contributed by atoms with Gasteiger partial charge in [-0.3, -0.25) is 0 Å². The molecule has 1 aliphatic rings. The average Bonchev–Trinajstić information content (AvgIpc) is 2.75. The average molecular weight is 456 g/mol. The lowest BCUT2D eigenvalue weighted by atomic mass is 10.1. The van der Waals surface area contributed by atoms with Crippen molar-refractivity contribution in [1.29, 1.82) is 0 Å². The van der Waals surface area contributed by atoms with Crippen molar-refractivity contribution < 1.29 is 4.74 Å². The molecule has 0 saturated carbocycles. The summed E-state index contributed by atoms with van der Waals surface area (Å²) in [6, 6.07) is 1.94. The molecule has 2 heterocycles. The Bertz CT molecular complexity index is 637. The van der Waals surface area contributed by atoms with Crippen LogP contribution in [0.15, 0.2) is 10.5 Å². The summed E-state index contributed by atoms with van der Waals surface area (Å²) >= 11 is 12.2. The minimum atomic E-state index is 0.0313. The molecule has 3 nitrogen and oxygen atoms in total. The SMILES string of the molecule is Cc1c(Br)cc(Cl)c2c(I)nn(C3CCCCO3)c12. The molecule has 0 radical (unpaired) electrons.